The van der Waals surface area contributed by atoms with E-state index in [-0.39, 0.29) is 16.7 Å². The predicted molar refractivity (Wildman–Crippen MR) is 86.0 cm³/mol. The maximum absolute atomic E-state index is 12.7. The Morgan fingerprint density at radius 2 is 1.81 bits per heavy atom. The second-order valence-corrected chi connectivity index (χ2v) is 8.41. The summed E-state index contributed by atoms with van der Waals surface area (Å²) in [6, 6.07) is 0. The summed E-state index contributed by atoms with van der Waals surface area (Å²) in [5, 5.41) is 4.11. The van der Waals surface area contributed by atoms with E-state index in [1.807, 2.05) is 27.7 Å². The molecule has 122 valence electrons. The van der Waals surface area contributed by atoms with E-state index in [1.54, 1.807) is 15.2 Å². The average molecular weight is 336 g/mol. The second-order valence-electron chi connectivity index (χ2n) is 6.09. The number of halogens is 1. The molecule has 0 aromatic carbocycles. The molecule has 1 aromatic rings. The highest BCUT2D eigenvalue weighted by atomic mass is 35.5. The third-order valence-corrected chi connectivity index (χ3v) is 4.96. The molecule has 21 heavy (non-hydrogen) atoms. The lowest BCUT2D eigenvalue weighted by Gasteiger charge is -2.24. The van der Waals surface area contributed by atoms with Crippen LogP contribution in [-0.2, 0) is 16.6 Å². The van der Waals surface area contributed by atoms with Crippen molar-refractivity contribution in [2.75, 3.05) is 19.0 Å². The Bertz CT molecular complexity index is 516. The Morgan fingerprint density at radius 1 is 1.24 bits per heavy atom. The first-order valence-corrected chi connectivity index (χ1v) is 9.33. The van der Waals surface area contributed by atoms with Gasteiger partial charge in [0.15, 0.2) is 0 Å². The summed E-state index contributed by atoms with van der Waals surface area (Å²) < 4.78 is 28.7. The Kier molecular flexibility index (Phi) is 7.16. The fourth-order valence-electron chi connectivity index (χ4n) is 2.06. The third-order valence-electron chi connectivity index (χ3n) is 2.91. The first-order valence-electron chi connectivity index (χ1n) is 7.36. The zero-order valence-electron chi connectivity index (χ0n) is 13.3. The van der Waals surface area contributed by atoms with E-state index in [9.17, 15) is 8.42 Å². The molecule has 0 aliphatic rings. The smallest absolute Gasteiger partial charge is 0.246 e. The summed E-state index contributed by atoms with van der Waals surface area (Å²) in [7, 11) is -3.48. The molecule has 0 saturated heterocycles. The molecule has 0 N–H and O–H groups in total. The summed E-state index contributed by atoms with van der Waals surface area (Å²) in [4.78, 5) is 0.262. The number of hydrogen-bond donors (Lipinski definition) is 0. The largest absolute Gasteiger partial charge is 0.271 e. The van der Waals surface area contributed by atoms with E-state index in [1.165, 1.54) is 6.20 Å². The van der Waals surface area contributed by atoms with Crippen molar-refractivity contribution in [3.05, 3.63) is 12.4 Å². The van der Waals surface area contributed by atoms with Crippen LogP contribution < -0.4 is 0 Å². The van der Waals surface area contributed by atoms with Crippen LogP contribution >= 0.6 is 11.6 Å². The summed E-state index contributed by atoms with van der Waals surface area (Å²) >= 11 is 5.65. The SMILES string of the molecule is CC(C)CN(CC(C)C)S(=O)(=O)c1cnn(CCCCl)c1. The zero-order valence-corrected chi connectivity index (χ0v) is 14.9. The number of alkyl halides is 1. The summed E-state index contributed by atoms with van der Waals surface area (Å²) in [6.45, 7) is 9.76. The van der Waals surface area contributed by atoms with Gasteiger partial charge >= 0.3 is 0 Å². The van der Waals surface area contributed by atoms with Gasteiger partial charge in [0.2, 0.25) is 10.0 Å². The number of nitrogens with zero attached hydrogens (tertiary/aromatic N) is 3. The molecule has 1 heterocycles. The minimum atomic E-state index is -3.48. The maximum atomic E-state index is 12.7. The van der Waals surface area contributed by atoms with Gasteiger partial charge in [0.25, 0.3) is 0 Å². The molecule has 7 heteroatoms. The van der Waals surface area contributed by atoms with Crippen LogP contribution in [0.3, 0.4) is 0 Å². The average Bonchev–Trinajstić information content (AvgIpc) is 2.83. The Balaban J connectivity index is 2.96. The van der Waals surface area contributed by atoms with Crippen LogP contribution in [0.25, 0.3) is 0 Å². The lowest BCUT2D eigenvalue weighted by Crippen LogP contribution is -2.36. The predicted octanol–water partition coefficient (Wildman–Crippen LogP) is 2.81. The van der Waals surface area contributed by atoms with Crippen LogP contribution in [-0.4, -0.2) is 41.5 Å². The van der Waals surface area contributed by atoms with Gasteiger partial charge in [-0.25, -0.2) is 8.42 Å². The summed E-state index contributed by atoms with van der Waals surface area (Å²) in [6.07, 6.45) is 3.79. The van der Waals surface area contributed by atoms with Crippen molar-refractivity contribution in [1.82, 2.24) is 14.1 Å². The van der Waals surface area contributed by atoms with Gasteiger partial charge in [-0.1, -0.05) is 27.7 Å². The Hall–Kier alpha value is -0.590. The van der Waals surface area contributed by atoms with Gasteiger partial charge in [-0.3, -0.25) is 4.68 Å². The van der Waals surface area contributed by atoms with Crippen molar-refractivity contribution in [3.63, 3.8) is 0 Å². The standard InChI is InChI=1S/C14H26ClN3O2S/c1-12(2)9-18(10-13(3)4)21(19,20)14-8-16-17(11-14)7-5-6-15/h8,11-13H,5-7,9-10H2,1-4H3. The lowest BCUT2D eigenvalue weighted by atomic mass is 10.2. The van der Waals surface area contributed by atoms with Crippen molar-refractivity contribution in [3.8, 4) is 0 Å². The lowest BCUT2D eigenvalue weighted by molar-refractivity contribution is 0.333. The Morgan fingerprint density at radius 3 is 2.29 bits per heavy atom. The molecule has 0 aliphatic carbocycles. The van der Waals surface area contributed by atoms with Crippen LogP contribution in [0, 0.1) is 11.8 Å². The monoisotopic (exact) mass is 335 g/mol. The van der Waals surface area contributed by atoms with E-state index < -0.39 is 10.0 Å². The van der Waals surface area contributed by atoms with Gasteiger partial charge in [0.05, 0.1) is 6.20 Å². The quantitative estimate of drug-likeness (QED) is 0.652. The van der Waals surface area contributed by atoms with Gasteiger partial charge in [-0.05, 0) is 18.3 Å². The first kappa shape index (κ1) is 18.5. The molecule has 5 nitrogen and oxygen atoms in total. The van der Waals surface area contributed by atoms with Crippen LogP contribution in [0.5, 0.6) is 0 Å². The first-order chi connectivity index (χ1) is 9.77. The highest BCUT2D eigenvalue weighted by Gasteiger charge is 2.27. The highest BCUT2D eigenvalue weighted by Crippen LogP contribution is 2.18. The van der Waals surface area contributed by atoms with Gasteiger partial charge < -0.3 is 0 Å². The number of hydrogen-bond acceptors (Lipinski definition) is 3. The number of aromatic nitrogens is 2. The van der Waals surface area contributed by atoms with Crippen molar-refractivity contribution in [2.24, 2.45) is 11.8 Å². The topological polar surface area (TPSA) is 55.2 Å². The van der Waals surface area contributed by atoms with E-state index in [2.05, 4.69) is 5.10 Å². The summed E-state index contributed by atoms with van der Waals surface area (Å²) in [5.74, 6) is 1.10. The molecule has 0 unspecified atom stereocenters. The molecule has 0 spiro atoms. The van der Waals surface area contributed by atoms with Crippen molar-refractivity contribution in [2.45, 2.75) is 45.6 Å². The molecular weight excluding hydrogens is 310 g/mol. The van der Waals surface area contributed by atoms with Crippen LogP contribution in [0.15, 0.2) is 17.3 Å². The molecule has 0 radical (unpaired) electrons. The maximum Gasteiger partial charge on any atom is 0.246 e. The molecule has 0 bridgehead atoms. The van der Waals surface area contributed by atoms with Gasteiger partial charge in [0, 0.05) is 31.7 Å². The second kappa shape index (κ2) is 8.15. The fraction of sp³-hybridized carbons (Fsp3) is 0.786. The third kappa shape index (κ3) is 5.60. The normalized spacial score (nSPS) is 12.8. The van der Waals surface area contributed by atoms with Crippen LogP contribution in [0.1, 0.15) is 34.1 Å². The molecule has 0 atom stereocenters. The van der Waals surface area contributed by atoms with E-state index in [4.69, 9.17) is 11.6 Å². The molecule has 0 amide bonds. The van der Waals surface area contributed by atoms with Gasteiger partial charge in [0.1, 0.15) is 4.90 Å². The molecular formula is C14H26ClN3O2S. The van der Waals surface area contributed by atoms with Crippen molar-refractivity contribution < 1.29 is 8.42 Å². The minimum Gasteiger partial charge on any atom is -0.271 e. The van der Waals surface area contributed by atoms with E-state index in [0.717, 1.165) is 6.42 Å². The number of sulfonamides is 1. The molecule has 1 aromatic heterocycles. The molecule has 0 aliphatic heterocycles. The fourth-order valence-corrected chi connectivity index (χ4v) is 3.90. The van der Waals surface area contributed by atoms with Gasteiger partial charge in [-0.15, -0.1) is 11.6 Å². The van der Waals surface area contributed by atoms with Gasteiger partial charge in [-0.2, -0.15) is 9.40 Å². The summed E-state index contributed by atoms with van der Waals surface area (Å²) in [5.41, 5.74) is 0. The molecule has 0 saturated carbocycles. The zero-order chi connectivity index (χ0) is 16.0. The van der Waals surface area contributed by atoms with E-state index in [0.29, 0.717) is 25.5 Å². The van der Waals surface area contributed by atoms with Crippen molar-refractivity contribution in [1.29, 1.82) is 0 Å². The highest BCUT2D eigenvalue weighted by molar-refractivity contribution is 7.89. The van der Waals surface area contributed by atoms with Crippen molar-refractivity contribution >= 4 is 21.6 Å². The number of aryl methyl sites for hydroxylation is 1. The van der Waals surface area contributed by atoms with Crippen LogP contribution in [0.4, 0.5) is 0 Å². The minimum absolute atomic E-state index is 0.262. The molecule has 1 rings (SSSR count). The number of rotatable bonds is 9. The molecule has 0 fully saturated rings. The van der Waals surface area contributed by atoms with E-state index >= 15 is 0 Å². The van der Waals surface area contributed by atoms with Crippen LogP contribution in [0.2, 0.25) is 0 Å². The Labute approximate surface area is 133 Å².